The zero-order valence-corrected chi connectivity index (χ0v) is 16.6. The average molecular weight is 392 g/mol. The fourth-order valence-corrected chi connectivity index (χ4v) is 3.67. The molecule has 0 saturated heterocycles. The van der Waals surface area contributed by atoms with Crippen LogP contribution in [-0.4, -0.2) is 15.5 Å². The number of benzene rings is 1. The van der Waals surface area contributed by atoms with Gasteiger partial charge in [0.2, 0.25) is 0 Å². The van der Waals surface area contributed by atoms with Gasteiger partial charge in [0.05, 0.1) is 27.9 Å². The first kappa shape index (κ1) is 19.2. The number of rotatable bonds is 4. The maximum atomic E-state index is 9.73. The molecule has 3 aromatic rings. The average Bonchev–Trinajstić information content (AvgIpc) is 2.80. The summed E-state index contributed by atoms with van der Waals surface area (Å²) in [4.78, 5) is 8.59. The van der Waals surface area contributed by atoms with Crippen LogP contribution in [0.15, 0.2) is 61.0 Å². The summed E-state index contributed by atoms with van der Waals surface area (Å²) in [6.07, 6.45) is 13.3. The molecule has 3 N–H and O–H groups in total. The number of pyridine rings is 2. The van der Waals surface area contributed by atoms with Gasteiger partial charge >= 0.3 is 0 Å². The summed E-state index contributed by atoms with van der Waals surface area (Å²) < 4.78 is 0. The van der Waals surface area contributed by atoms with Crippen molar-refractivity contribution in [2.75, 3.05) is 11.1 Å². The first-order chi connectivity index (χ1) is 14.6. The Morgan fingerprint density at radius 3 is 2.60 bits per heavy atom. The SMILES string of the molecule is CCC1(Nc2c(C#N)cnc3ccc(-c4cnc(N)c(C#N)c4)cc23)C=CC=CC1. The molecule has 1 aromatic carbocycles. The molecular weight excluding hydrogens is 372 g/mol. The first-order valence-corrected chi connectivity index (χ1v) is 9.70. The number of aromatic nitrogens is 2. The molecule has 0 aliphatic heterocycles. The number of nitrogen functional groups attached to an aromatic ring is 1. The monoisotopic (exact) mass is 392 g/mol. The molecular formula is C24H20N6. The predicted octanol–water partition coefficient (Wildman–Crippen LogP) is 4.70. The quantitative estimate of drug-likeness (QED) is 0.666. The van der Waals surface area contributed by atoms with E-state index in [2.05, 4.69) is 46.5 Å². The number of nitrogens with one attached hydrogen (secondary N) is 1. The van der Waals surface area contributed by atoms with Crippen molar-refractivity contribution in [2.45, 2.75) is 25.3 Å². The van der Waals surface area contributed by atoms with Crippen LogP contribution in [0.2, 0.25) is 0 Å². The lowest BCUT2D eigenvalue weighted by Crippen LogP contribution is -2.36. The largest absolute Gasteiger partial charge is 0.383 e. The van der Waals surface area contributed by atoms with E-state index in [1.165, 1.54) is 0 Å². The lowest BCUT2D eigenvalue weighted by Gasteiger charge is -2.33. The molecule has 0 saturated carbocycles. The molecule has 0 spiro atoms. The molecule has 2 heterocycles. The molecule has 6 heteroatoms. The van der Waals surface area contributed by atoms with Crippen LogP contribution < -0.4 is 11.1 Å². The standard InChI is InChI=1S/C24H20N6/c1-2-24(8-4-3-5-9-24)30-22-19(13-26)15-28-21-7-6-16(11-20(21)22)18-10-17(12-25)23(27)29-14-18/h3-8,10-11,14-15H,2,9H2,1H3,(H2,27,29)(H,28,30). The Morgan fingerprint density at radius 1 is 1.07 bits per heavy atom. The summed E-state index contributed by atoms with van der Waals surface area (Å²) >= 11 is 0. The molecule has 0 bridgehead atoms. The highest BCUT2D eigenvalue weighted by atomic mass is 15.0. The predicted molar refractivity (Wildman–Crippen MR) is 118 cm³/mol. The van der Waals surface area contributed by atoms with Crippen molar-refractivity contribution in [2.24, 2.45) is 0 Å². The van der Waals surface area contributed by atoms with Gasteiger partial charge in [0, 0.05) is 23.3 Å². The van der Waals surface area contributed by atoms with E-state index < -0.39 is 0 Å². The number of fused-ring (bicyclic) bond motifs is 1. The second kappa shape index (κ2) is 7.69. The van der Waals surface area contributed by atoms with Crippen molar-refractivity contribution < 1.29 is 0 Å². The molecule has 1 unspecified atom stereocenters. The van der Waals surface area contributed by atoms with E-state index in [1.54, 1.807) is 18.5 Å². The Bertz CT molecular complexity index is 1280. The summed E-state index contributed by atoms with van der Waals surface area (Å²) in [6, 6.07) is 11.9. The zero-order valence-electron chi connectivity index (χ0n) is 16.6. The van der Waals surface area contributed by atoms with Crippen LogP contribution in [0.3, 0.4) is 0 Å². The van der Waals surface area contributed by atoms with Gasteiger partial charge in [-0.3, -0.25) is 4.98 Å². The molecule has 0 fully saturated rings. The first-order valence-electron chi connectivity index (χ1n) is 9.70. The van der Waals surface area contributed by atoms with E-state index in [0.29, 0.717) is 11.1 Å². The molecule has 4 rings (SSSR count). The molecule has 1 aliphatic carbocycles. The van der Waals surface area contributed by atoms with Gasteiger partial charge in [0.1, 0.15) is 18.0 Å². The van der Waals surface area contributed by atoms with Gasteiger partial charge in [-0.05, 0) is 36.6 Å². The summed E-state index contributed by atoms with van der Waals surface area (Å²) in [5.41, 5.74) is 9.52. The van der Waals surface area contributed by atoms with Gasteiger partial charge in [-0.25, -0.2) is 4.98 Å². The van der Waals surface area contributed by atoms with Crippen molar-refractivity contribution in [3.05, 3.63) is 72.1 Å². The van der Waals surface area contributed by atoms with E-state index >= 15 is 0 Å². The summed E-state index contributed by atoms with van der Waals surface area (Å²) in [6.45, 7) is 2.13. The van der Waals surface area contributed by atoms with E-state index in [9.17, 15) is 10.5 Å². The number of nitrogens with zero attached hydrogens (tertiary/aromatic N) is 4. The highest BCUT2D eigenvalue weighted by Gasteiger charge is 2.26. The Hall–Kier alpha value is -4.16. The van der Waals surface area contributed by atoms with Crippen LogP contribution in [-0.2, 0) is 0 Å². The van der Waals surface area contributed by atoms with Gasteiger partial charge < -0.3 is 11.1 Å². The second-order valence-electron chi connectivity index (χ2n) is 7.29. The molecule has 1 atom stereocenters. The number of hydrogen-bond donors (Lipinski definition) is 2. The molecule has 0 radical (unpaired) electrons. The van der Waals surface area contributed by atoms with Gasteiger partial charge in [-0.15, -0.1) is 0 Å². The van der Waals surface area contributed by atoms with Crippen LogP contribution in [0.4, 0.5) is 11.5 Å². The Kier molecular flexibility index (Phi) is 4.92. The number of anilines is 2. The third-order valence-corrected chi connectivity index (χ3v) is 5.51. The molecule has 1 aliphatic rings. The van der Waals surface area contributed by atoms with E-state index in [1.807, 2.05) is 30.4 Å². The zero-order chi connectivity index (χ0) is 21.1. The number of nitriles is 2. The third-order valence-electron chi connectivity index (χ3n) is 5.51. The van der Waals surface area contributed by atoms with Gasteiger partial charge in [0.25, 0.3) is 0 Å². The molecule has 0 amide bonds. The highest BCUT2D eigenvalue weighted by Crippen LogP contribution is 2.35. The number of allylic oxidation sites excluding steroid dienone is 2. The lowest BCUT2D eigenvalue weighted by molar-refractivity contribution is 0.558. The summed E-state index contributed by atoms with van der Waals surface area (Å²) in [7, 11) is 0. The third kappa shape index (κ3) is 3.36. The van der Waals surface area contributed by atoms with Crippen molar-refractivity contribution in [1.82, 2.24) is 9.97 Å². The van der Waals surface area contributed by atoms with E-state index in [-0.39, 0.29) is 11.4 Å². The van der Waals surface area contributed by atoms with E-state index in [0.717, 1.165) is 40.6 Å². The molecule has 2 aromatic heterocycles. The topological polar surface area (TPSA) is 111 Å². The van der Waals surface area contributed by atoms with Gasteiger partial charge in [0.15, 0.2) is 0 Å². The van der Waals surface area contributed by atoms with E-state index in [4.69, 9.17) is 5.73 Å². The number of nitrogens with two attached hydrogens (primary N) is 1. The smallest absolute Gasteiger partial charge is 0.141 e. The molecule has 30 heavy (non-hydrogen) atoms. The normalized spacial score (nSPS) is 17.4. The van der Waals surface area contributed by atoms with Crippen molar-refractivity contribution >= 4 is 22.4 Å². The van der Waals surface area contributed by atoms with Crippen LogP contribution in [0.25, 0.3) is 22.0 Å². The van der Waals surface area contributed by atoms with Crippen LogP contribution in [0.5, 0.6) is 0 Å². The van der Waals surface area contributed by atoms with Crippen molar-refractivity contribution in [3.63, 3.8) is 0 Å². The van der Waals surface area contributed by atoms with Crippen molar-refractivity contribution in [1.29, 1.82) is 10.5 Å². The fourth-order valence-electron chi connectivity index (χ4n) is 3.67. The summed E-state index contributed by atoms with van der Waals surface area (Å²) in [5.74, 6) is 0.208. The van der Waals surface area contributed by atoms with Crippen LogP contribution in [0.1, 0.15) is 30.9 Å². The molecule has 146 valence electrons. The maximum Gasteiger partial charge on any atom is 0.141 e. The Labute approximate surface area is 175 Å². The second-order valence-corrected chi connectivity index (χ2v) is 7.29. The van der Waals surface area contributed by atoms with Gasteiger partial charge in [-0.2, -0.15) is 10.5 Å². The lowest BCUT2D eigenvalue weighted by atomic mass is 9.87. The van der Waals surface area contributed by atoms with Gasteiger partial charge in [-0.1, -0.05) is 37.3 Å². The van der Waals surface area contributed by atoms with Crippen LogP contribution in [0, 0.1) is 22.7 Å². The molecule has 6 nitrogen and oxygen atoms in total. The maximum absolute atomic E-state index is 9.73. The Balaban J connectivity index is 1.88. The minimum absolute atomic E-state index is 0.208. The highest BCUT2D eigenvalue weighted by molar-refractivity contribution is 5.97. The minimum Gasteiger partial charge on any atom is -0.383 e. The van der Waals surface area contributed by atoms with Crippen molar-refractivity contribution in [3.8, 4) is 23.3 Å². The summed E-state index contributed by atoms with van der Waals surface area (Å²) in [5, 5.41) is 23.5. The Morgan fingerprint density at radius 2 is 1.90 bits per heavy atom. The van der Waals surface area contributed by atoms with Crippen LogP contribution >= 0.6 is 0 Å². The number of hydrogen-bond acceptors (Lipinski definition) is 6. The fraction of sp³-hybridized carbons (Fsp3) is 0.167. The minimum atomic E-state index is -0.263.